The van der Waals surface area contributed by atoms with Crippen molar-refractivity contribution in [1.29, 1.82) is 0 Å². The molecule has 0 aliphatic rings. The van der Waals surface area contributed by atoms with Crippen LogP contribution in [0.1, 0.15) is 10.4 Å². The van der Waals surface area contributed by atoms with Crippen molar-refractivity contribution >= 4 is 33.5 Å². The number of carbonyl (C=O) groups excluding carboxylic acids is 1. The van der Waals surface area contributed by atoms with Crippen LogP contribution in [0.3, 0.4) is 0 Å². The minimum atomic E-state index is -0.545. The van der Waals surface area contributed by atoms with Gasteiger partial charge in [0.05, 0.1) is 24.8 Å². The molecule has 2 rings (SSSR count). The molecule has 21 heavy (non-hydrogen) atoms. The Balaban J connectivity index is 2.27. The molecule has 0 saturated heterocycles. The molecule has 0 aliphatic heterocycles. The van der Waals surface area contributed by atoms with Gasteiger partial charge in [-0.3, -0.25) is 0 Å². The molecule has 0 atom stereocenters. The van der Waals surface area contributed by atoms with Gasteiger partial charge in [0.15, 0.2) is 0 Å². The maximum atomic E-state index is 12.2. The molecule has 4 nitrogen and oxygen atoms in total. The van der Waals surface area contributed by atoms with E-state index in [2.05, 4.69) is 15.9 Å². The fourth-order valence-electron chi connectivity index (χ4n) is 1.64. The summed E-state index contributed by atoms with van der Waals surface area (Å²) in [4.78, 5) is 12.2. The van der Waals surface area contributed by atoms with Crippen LogP contribution < -0.4 is 14.2 Å². The molecule has 0 unspecified atom stereocenters. The van der Waals surface area contributed by atoms with Gasteiger partial charge in [0, 0.05) is 10.5 Å². The lowest BCUT2D eigenvalue weighted by molar-refractivity contribution is 0.0734. The van der Waals surface area contributed by atoms with Crippen LogP contribution >= 0.6 is 27.5 Å². The van der Waals surface area contributed by atoms with E-state index in [0.717, 1.165) is 4.47 Å². The Hall–Kier alpha value is -1.72. The van der Waals surface area contributed by atoms with Crippen LogP contribution in [0.5, 0.6) is 17.2 Å². The summed E-state index contributed by atoms with van der Waals surface area (Å²) in [5, 5.41) is 0.340. The van der Waals surface area contributed by atoms with E-state index in [9.17, 15) is 4.79 Å². The summed E-state index contributed by atoms with van der Waals surface area (Å²) < 4.78 is 16.3. The zero-order chi connectivity index (χ0) is 15.4. The van der Waals surface area contributed by atoms with Gasteiger partial charge in [-0.15, -0.1) is 0 Å². The first-order valence-electron chi connectivity index (χ1n) is 5.94. The first-order chi connectivity index (χ1) is 10.0. The highest BCUT2D eigenvalue weighted by Gasteiger charge is 2.14. The summed E-state index contributed by atoms with van der Waals surface area (Å²) in [6, 6.07) is 9.80. The molecule has 0 fully saturated rings. The molecule has 0 heterocycles. The van der Waals surface area contributed by atoms with Crippen LogP contribution in [-0.4, -0.2) is 20.2 Å². The Labute approximate surface area is 135 Å². The van der Waals surface area contributed by atoms with Crippen LogP contribution in [-0.2, 0) is 0 Å². The number of benzene rings is 2. The predicted octanol–water partition coefficient (Wildman–Crippen LogP) is 4.34. The number of rotatable bonds is 4. The summed E-state index contributed by atoms with van der Waals surface area (Å²) in [5.74, 6) is 0.745. The maximum absolute atomic E-state index is 12.2. The van der Waals surface area contributed by atoms with Gasteiger partial charge in [-0.25, -0.2) is 4.79 Å². The van der Waals surface area contributed by atoms with Crippen molar-refractivity contribution in [1.82, 2.24) is 0 Å². The second-order valence-electron chi connectivity index (χ2n) is 4.07. The number of esters is 1. The molecule has 2 aromatic carbocycles. The first-order valence-corrected chi connectivity index (χ1v) is 7.11. The zero-order valence-corrected chi connectivity index (χ0v) is 13.7. The van der Waals surface area contributed by atoms with Crippen molar-refractivity contribution in [3.8, 4) is 17.2 Å². The largest absolute Gasteiger partial charge is 0.497 e. The average molecular weight is 372 g/mol. The lowest BCUT2D eigenvalue weighted by Gasteiger charge is -2.09. The normalized spacial score (nSPS) is 10.1. The highest BCUT2D eigenvalue weighted by molar-refractivity contribution is 9.10. The first kappa shape index (κ1) is 15.7. The minimum absolute atomic E-state index is 0.284. The second-order valence-corrected chi connectivity index (χ2v) is 5.39. The average Bonchev–Trinajstić information content (AvgIpc) is 2.49. The number of methoxy groups -OCH3 is 2. The van der Waals surface area contributed by atoms with Crippen LogP contribution in [0.25, 0.3) is 0 Å². The Kier molecular flexibility index (Phi) is 5.09. The molecule has 0 spiro atoms. The lowest BCUT2D eigenvalue weighted by atomic mass is 10.2. The van der Waals surface area contributed by atoms with Gasteiger partial charge in [-0.2, -0.15) is 0 Å². The Morgan fingerprint density at radius 1 is 1.05 bits per heavy atom. The molecule has 0 N–H and O–H groups in total. The molecule has 0 aliphatic carbocycles. The van der Waals surface area contributed by atoms with Gasteiger partial charge in [-0.05, 0) is 30.3 Å². The van der Waals surface area contributed by atoms with E-state index >= 15 is 0 Å². The Morgan fingerprint density at radius 3 is 2.19 bits per heavy atom. The van der Waals surface area contributed by atoms with Gasteiger partial charge < -0.3 is 14.2 Å². The highest BCUT2D eigenvalue weighted by atomic mass is 79.9. The number of halogens is 2. The summed E-state index contributed by atoms with van der Waals surface area (Å²) in [7, 11) is 3.02. The Bertz CT molecular complexity index is 650. The Morgan fingerprint density at radius 2 is 1.67 bits per heavy atom. The van der Waals surface area contributed by atoms with Crippen LogP contribution in [0.2, 0.25) is 5.02 Å². The van der Waals surface area contributed by atoms with Crippen molar-refractivity contribution in [2.75, 3.05) is 14.2 Å². The van der Waals surface area contributed by atoms with Gasteiger partial charge in [0.2, 0.25) is 0 Å². The smallest absolute Gasteiger partial charge is 0.343 e. The number of carbonyl (C=O) groups is 1. The molecule has 6 heteroatoms. The van der Waals surface area contributed by atoms with E-state index in [1.807, 2.05) is 0 Å². The van der Waals surface area contributed by atoms with E-state index < -0.39 is 5.97 Å². The summed E-state index contributed by atoms with van der Waals surface area (Å²) in [5.41, 5.74) is 0.310. The topological polar surface area (TPSA) is 44.8 Å². The van der Waals surface area contributed by atoms with E-state index in [1.165, 1.54) is 14.2 Å². The van der Waals surface area contributed by atoms with Gasteiger partial charge in [0.25, 0.3) is 0 Å². The fraction of sp³-hybridized carbons (Fsp3) is 0.133. The molecule has 0 radical (unpaired) electrons. The lowest BCUT2D eigenvalue weighted by Crippen LogP contribution is -2.09. The molecular weight excluding hydrogens is 360 g/mol. The SMILES string of the molecule is COc1cc(OC)cc(C(=O)Oc2ccc(Br)cc2Cl)c1. The molecule has 0 aromatic heterocycles. The van der Waals surface area contributed by atoms with Crippen molar-refractivity contribution < 1.29 is 19.0 Å². The molecule has 110 valence electrons. The van der Waals surface area contributed by atoms with Gasteiger partial charge in [-0.1, -0.05) is 27.5 Å². The van der Waals surface area contributed by atoms with Crippen molar-refractivity contribution in [3.63, 3.8) is 0 Å². The summed E-state index contributed by atoms with van der Waals surface area (Å²) in [6.07, 6.45) is 0. The maximum Gasteiger partial charge on any atom is 0.343 e. The quantitative estimate of drug-likeness (QED) is 0.592. The number of hydrogen-bond donors (Lipinski definition) is 0. The van der Waals surface area contributed by atoms with Crippen molar-refractivity contribution in [2.45, 2.75) is 0 Å². The third kappa shape index (κ3) is 3.89. The van der Waals surface area contributed by atoms with Crippen molar-refractivity contribution in [2.24, 2.45) is 0 Å². The van der Waals surface area contributed by atoms with Crippen molar-refractivity contribution in [3.05, 3.63) is 51.5 Å². The molecule has 2 aromatic rings. The number of ether oxygens (including phenoxy) is 3. The van der Waals surface area contributed by atoms with Crippen LogP contribution in [0, 0.1) is 0 Å². The molecule has 0 amide bonds. The van der Waals surface area contributed by atoms with E-state index in [4.69, 9.17) is 25.8 Å². The fourth-order valence-corrected chi connectivity index (χ4v) is 2.35. The highest BCUT2D eigenvalue weighted by Crippen LogP contribution is 2.29. The van der Waals surface area contributed by atoms with E-state index in [-0.39, 0.29) is 5.75 Å². The number of hydrogen-bond acceptors (Lipinski definition) is 4. The molecular formula is C15H12BrClO4. The van der Waals surface area contributed by atoms with Gasteiger partial charge in [0.1, 0.15) is 17.2 Å². The van der Waals surface area contributed by atoms with E-state index in [1.54, 1.807) is 36.4 Å². The summed E-state index contributed by atoms with van der Waals surface area (Å²) >= 11 is 9.31. The molecule has 0 saturated carbocycles. The van der Waals surface area contributed by atoms with Gasteiger partial charge >= 0.3 is 5.97 Å². The summed E-state index contributed by atoms with van der Waals surface area (Å²) in [6.45, 7) is 0. The van der Waals surface area contributed by atoms with E-state index in [0.29, 0.717) is 22.1 Å². The molecule has 0 bridgehead atoms. The second kappa shape index (κ2) is 6.83. The third-order valence-corrected chi connectivity index (χ3v) is 3.47. The third-order valence-electron chi connectivity index (χ3n) is 2.68. The minimum Gasteiger partial charge on any atom is -0.497 e. The van der Waals surface area contributed by atoms with Crippen LogP contribution in [0.4, 0.5) is 0 Å². The van der Waals surface area contributed by atoms with Crippen LogP contribution in [0.15, 0.2) is 40.9 Å². The monoisotopic (exact) mass is 370 g/mol. The predicted molar refractivity (Wildman–Crippen MR) is 83.7 cm³/mol. The standard InChI is InChI=1S/C15H12BrClO4/c1-19-11-5-9(6-12(8-11)20-2)15(18)21-14-4-3-10(16)7-13(14)17/h3-8H,1-2H3. The zero-order valence-electron chi connectivity index (χ0n) is 11.4.